The highest BCUT2D eigenvalue weighted by molar-refractivity contribution is 6.07. The molecule has 0 aliphatic carbocycles. The molecule has 2 N–H and O–H groups in total. The number of furan rings is 1. The standard InChI is InChI=1S/C20H19N3O4/c24-19(13-7-10-26-11-8-13)22-23-20(25)15-12-17(18-6-3-9-27-18)21-16-5-2-1-4-14(15)16/h1-6,9,12-13H,7-8,10-11H2,(H,22,24)(H,23,25). The van der Waals surface area contributed by atoms with Gasteiger partial charge in [0.15, 0.2) is 5.76 Å². The number of ether oxygens (including phenoxy) is 1. The molecule has 1 saturated heterocycles. The fourth-order valence-electron chi connectivity index (χ4n) is 3.16. The average molecular weight is 365 g/mol. The number of carbonyl (C=O) groups is 2. The van der Waals surface area contributed by atoms with Crippen LogP contribution in [0.4, 0.5) is 0 Å². The van der Waals surface area contributed by atoms with E-state index in [1.54, 1.807) is 24.5 Å². The Kier molecular flexibility index (Phi) is 4.84. The van der Waals surface area contributed by atoms with E-state index in [0.717, 1.165) is 0 Å². The predicted molar refractivity (Wildman–Crippen MR) is 98.6 cm³/mol. The maximum absolute atomic E-state index is 12.8. The zero-order valence-electron chi connectivity index (χ0n) is 14.6. The van der Waals surface area contributed by atoms with E-state index in [1.807, 2.05) is 24.3 Å². The summed E-state index contributed by atoms with van der Waals surface area (Å²) in [7, 11) is 0. The molecule has 0 unspecified atom stereocenters. The number of para-hydroxylation sites is 1. The van der Waals surface area contributed by atoms with Gasteiger partial charge in [-0.1, -0.05) is 18.2 Å². The lowest BCUT2D eigenvalue weighted by atomic mass is 10.00. The molecule has 7 nitrogen and oxygen atoms in total. The number of hydrazine groups is 1. The highest BCUT2D eigenvalue weighted by Crippen LogP contribution is 2.25. The average Bonchev–Trinajstić information content (AvgIpc) is 3.26. The molecule has 2 aromatic heterocycles. The monoisotopic (exact) mass is 365 g/mol. The van der Waals surface area contributed by atoms with Gasteiger partial charge in [0.2, 0.25) is 5.91 Å². The molecule has 3 aromatic rings. The van der Waals surface area contributed by atoms with Gasteiger partial charge in [0.1, 0.15) is 5.69 Å². The first-order valence-electron chi connectivity index (χ1n) is 8.84. The van der Waals surface area contributed by atoms with Crippen molar-refractivity contribution in [1.82, 2.24) is 15.8 Å². The van der Waals surface area contributed by atoms with Gasteiger partial charge in [-0.25, -0.2) is 4.98 Å². The minimum absolute atomic E-state index is 0.146. The summed E-state index contributed by atoms with van der Waals surface area (Å²) in [5.41, 5.74) is 6.70. The van der Waals surface area contributed by atoms with Crippen LogP contribution in [0.2, 0.25) is 0 Å². The highest BCUT2D eigenvalue weighted by atomic mass is 16.5. The van der Waals surface area contributed by atoms with Crippen LogP contribution < -0.4 is 10.9 Å². The second-order valence-corrected chi connectivity index (χ2v) is 6.38. The molecule has 0 spiro atoms. The molecule has 1 aliphatic rings. The molecule has 1 fully saturated rings. The molecule has 3 heterocycles. The number of aromatic nitrogens is 1. The number of nitrogens with zero attached hydrogens (tertiary/aromatic N) is 1. The summed E-state index contributed by atoms with van der Waals surface area (Å²) >= 11 is 0. The van der Waals surface area contributed by atoms with Crippen molar-refractivity contribution in [2.75, 3.05) is 13.2 Å². The summed E-state index contributed by atoms with van der Waals surface area (Å²) < 4.78 is 10.7. The molecule has 4 rings (SSSR count). The highest BCUT2D eigenvalue weighted by Gasteiger charge is 2.22. The molecule has 0 radical (unpaired) electrons. The maximum atomic E-state index is 12.8. The Labute approximate surface area is 155 Å². The summed E-state index contributed by atoms with van der Waals surface area (Å²) in [6, 6.07) is 12.6. The summed E-state index contributed by atoms with van der Waals surface area (Å²) in [5.74, 6) is -0.175. The Morgan fingerprint density at radius 1 is 1.04 bits per heavy atom. The molecule has 27 heavy (non-hydrogen) atoms. The number of rotatable bonds is 3. The van der Waals surface area contributed by atoms with Crippen LogP contribution in [-0.4, -0.2) is 30.0 Å². The fraction of sp³-hybridized carbons (Fsp3) is 0.250. The van der Waals surface area contributed by atoms with Gasteiger partial charge < -0.3 is 9.15 Å². The third kappa shape index (κ3) is 3.68. The van der Waals surface area contributed by atoms with Crippen LogP contribution in [0.15, 0.2) is 53.1 Å². The van der Waals surface area contributed by atoms with E-state index in [2.05, 4.69) is 15.8 Å². The Hall–Kier alpha value is -3.19. The Morgan fingerprint density at radius 2 is 1.85 bits per heavy atom. The number of pyridine rings is 1. The first-order chi connectivity index (χ1) is 13.2. The lowest BCUT2D eigenvalue weighted by Crippen LogP contribution is -2.45. The summed E-state index contributed by atoms with van der Waals surface area (Å²) in [5, 5.41) is 0.700. The summed E-state index contributed by atoms with van der Waals surface area (Å²) in [4.78, 5) is 29.6. The van der Waals surface area contributed by atoms with Gasteiger partial charge in [-0.15, -0.1) is 0 Å². The summed E-state index contributed by atoms with van der Waals surface area (Å²) in [6.45, 7) is 1.13. The molecular weight excluding hydrogens is 346 g/mol. The van der Waals surface area contributed by atoms with Gasteiger partial charge in [0, 0.05) is 24.5 Å². The number of hydrogen-bond donors (Lipinski definition) is 2. The molecule has 2 amide bonds. The van der Waals surface area contributed by atoms with E-state index < -0.39 is 5.91 Å². The van der Waals surface area contributed by atoms with Crippen molar-refractivity contribution < 1.29 is 18.7 Å². The molecule has 0 bridgehead atoms. The minimum Gasteiger partial charge on any atom is -0.463 e. The quantitative estimate of drug-likeness (QED) is 0.696. The SMILES string of the molecule is O=C(NNC(=O)C1CCOCC1)c1cc(-c2ccco2)nc2ccccc12. The van der Waals surface area contributed by atoms with E-state index in [-0.39, 0.29) is 11.8 Å². The second kappa shape index (κ2) is 7.59. The lowest BCUT2D eigenvalue weighted by molar-refractivity contribution is -0.128. The van der Waals surface area contributed by atoms with Gasteiger partial charge in [-0.05, 0) is 37.1 Å². The zero-order chi connectivity index (χ0) is 18.6. The van der Waals surface area contributed by atoms with Crippen LogP contribution in [0.3, 0.4) is 0 Å². The van der Waals surface area contributed by atoms with Gasteiger partial charge in [0.25, 0.3) is 5.91 Å². The molecule has 138 valence electrons. The van der Waals surface area contributed by atoms with E-state index in [1.165, 1.54) is 0 Å². The minimum atomic E-state index is -0.401. The third-order valence-corrected chi connectivity index (χ3v) is 4.63. The molecule has 1 aromatic carbocycles. The van der Waals surface area contributed by atoms with Crippen LogP contribution in [-0.2, 0) is 9.53 Å². The number of hydrogen-bond acceptors (Lipinski definition) is 5. The van der Waals surface area contributed by atoms with E-state index in [4.69, 9.17) is 9.15 Å². The van der Waals surface area contributed by atoms with Crippen molar-refractivity contribution in [1.29, 1.82) is 0 Å². The maximum Gasteiger partial charge on any atom is 0.270 e. The predicted octanol–water partition coefficient (Wildman–Crippen LogP) is 2.68. The number of amides is 2. The van der Waals surface area contributed by atoms with Crippen molar-refractivity contribution >= 4 is 22.7 Å². The van der Waals surface area contributed by atoms with Crippen molar-refractivity contribution in [2.24, 2.45) is 5.92 Å². The van der Waals surface area contributed by atoms with E-state index >= 15 is 0 Å². The largest absolute Gasteiger partial charge is 0.463 e. The normalized spacial score (nSPS) is 14.8. The van der Waals surface area contributed by atoms with Gasteiger partial charge in [0.05, 0.1) is 17.3 Å². The van der Waals surface area contributed by atoms with Crippen molar-refractivity contribution in [2.45, 2.75) is 12.8 Å². The second-order valence-electron chi connectivity index (χ2n) is 6.38. The molecule has 7 heteroatoms. The third-order valence-electron chi connectivity index (χ3n) is 4.63. The Bertz CT molecular complexity index is 963. The van der Waals surface area contributed by atoms with Crippen LogP contribution >= 0.6 is 0 Å². The van der Waals surface area contributed by atoms with Gasteiger partial charge in [-0.3, -0.25) is 20.4 Å². The Morgan fingerprint density at radius 3 is 2.63 bits per heavy atom. The van der Waals surface area contributed by atoms with Crippen molar-refractivity contribution in [3.63, 3.8) is 0 Å². The van der Waals surface area contributed by atoms with E-state index in [9.17, 15) is 9.59 Å². The molecular formula is C20H19N3O4. The first-order valence-corrected chi connectivity index (χ1v) is 8.84. The van der Waals surface area contributed by atoms with Crippen molar-refractivity contribution in [3.05, 3.63) is 54.3 Å². The van der Waals surface area contributed by atoms with E-state index in [0.29, 0.717) is 54.0 Å². The number of benzene rings is 1. The van der Waals surface area contributed by atoms with Crippen LogP contribution in [0.1, 0.15) is 23.2 Å². The number of carbonyl (C=O) groups excluding carboxylic acids is 2. The fourth-order valence-corrected chi connectivity index (χ4v) is 3.16. The van der Waals surface area contributed by atoms with Crippen LogP contribution in [0, 0.1) is 5.92 Å². The number of fused-ring (bicyclic) bond motifs is 1. The van der Waals surface area contributed by atoms with Crippen LogP contribution in [0.25, 0.3) is 22.4 Å². The number of nitrogens with one attached hydrogen (secondary N) is 2. The van der Waals surface area contributed by atoms with Gasteiger partial charge in [-0.2, -0.15) is 0 Å². The zero-order valence-corrected chi connectivity index (χ0v) is 14.6. The molecule has 0 atom stereocenters. The topological polar surface area (TPSA) is 93.5 Å². The van der Waals surface area contributed by atoms with Gasteiger partial charge >= 0.3 is 0 Å². The van der Waals surface area contributed by atoms with Crippen molar-refractivity contribution in [3.8, 4) is 11.5 Å². The Balaban J connectivity index is 1.58. The molecule has 1 aliphatic heterocycles. The smallest absolute Gasteiger partial charge is 0.270 e. The first kappa shape index (κ1) is 17.2. The summed E-state index contributed by atoms with van der Waals surface area (Å²) in [6.07, 6.45) is 2.87. The van der Waals surface area contributed by atoms with Crippen LogP contribution in [0.5, 0.6) is 0 Å². The lowest BCUT2D eigenvalue weighted by Gasteiger charge is -2.21. The molecule has 0 saturated carbocycles.